The molecule has 1 unspecified atom stereocenters. The number of hydrogen-bond donors (Lipinski definition) is 2. The number of halogens is 1. The van der Waals surface area contributed by atoms with Gasteiger partial charge in [0.15, 0.2) is 5.11 Å². The van der Waals surface area contributed by atoms with Crippen molar-refractivity contribution in [1.29, 1.82) is 0 Å². The van der Waals surface area contributed by atoms with Crippen LogP contribution >= 0.6 is 31.0 Å². The van der Waals surface area contributed by atoms with E-state index < -0.39 is 19.2 Å². The Labute approximate surface area is 209 Å². The number of rotatable bonds is 7. The predicted molar refractivity (Wildman–Crippen MR) is 141 cm³/mol. The largest absolute Gasteiger partial charge is 0.463 e. The average Bonchev–Trinajstić information content (AvgIpc) is 2.85. The van der Waals surface area contributed by atoms with Crippen molar-refractivity contribution in [1.82, 2.24) is 10.6 Å². The molecule has 0 amide bonds. The highest BCUT2D eigenvalue weighted by atomic mass is 35.5. The van der Waals surface area contributed by atoms with Gasteiger partial charge in [-0.3, -0.25) is 0 Å². The zero-order valence-electron chi connectivity index (χ0n) is 18.5. The fraction of sp³-hybridized carbons (Fsp3) is 0.154. The molecular weight excluding hydrogens is 487 g/mol. The van der Waals surface area contributed by atoms with Crippen LogP contribution in [-0.2, 0) is 14.1 Å². The number of ether oxygens (including phenoxy) is 1. The quantitative estimate of drug-likeness (QED) is 0.273. The molecule has 0 fully saturated rings. The maximum Gasteiger partial charge on any atom is 0.338 e. The molecule has 3 aromatic carbocycles. The van der Waals surface area contributed by atoms with Gasteiger partial charge in [-0.15, -0.1) is 0 Å². The van der Waals surface area contributed by atoms with Crippen molar-refractivity contribution < 1.29 is 14.1 Å². The van der Waals surface area contributed by atoms with Gasteiger partial charge >= 0.3 is 5.97 Å². The smallest absolute Gasteiger partial charge is 0.338 e. The molecular formula is C26H24ClN2O3PS. The number of benzene rings is 3. The van der Waals surface area contributed by atoms with Crippen molar-refractivity contribution in [2.24, 2.45) is 0 Å². The number of carbonyl (C=O) groups is 1. The Morgan fingerprint density at radius 3 is 2.06 bits per heavy atom. The zero-order chi connectivity index (χ0) is 24.1. The van der Waals surface area contributed by atoms with Crippen molar-refractivity contribution in [3.63, 3.8) is 0 Å². The first-order valence-electron chi connectivity index (χ1n) is 10.9. The minimum atomic E-state index is -3.18. The molecule has 34 heavy (non-hydrogen) atoms. The second-order valence-corrected chi connectivity index (χ2v) is 11.4. The van der Waals surface area contributed by atoms with E-state index in [4.69, 9.17) is 28.6 Å². The first kappa shape index (κ1) is 24.2. The van der Waals surface area contributed by atoms with Gasteiger partial charge in [0.05, 0.1) is 18.2 Å². The molecule has 2 N–H and O–H groups in total. The van der Waals surface area contributed by atoms with Crippen LogP contribution in [0, 0.1) is 0 Å². The lowest BCUT2D eigenvalue weighted by atomic mass is 9.96. The first-order chi connectivity index (χ1) is 16.4. The molecule has 5 nitrogen and oxygen atoms in total. The third kappa shape index (κ3) is 5.10. The van der Waals surface area contributed by atoms with Gasteiger partial charge in [-0.2, -0.15) is 0 Å². The van der Waals surface area contributed by atoms with Crippen LogP contribution in [0.2, 0.25) is 5.02 Å². The molecule has 0 saturated carbocycles. The molecule has 0 aromatic heterocycles. The van der Waals surface area contributed by atoms with Gasteiger partial charge in [0.1, 0.15) is 7.14 Å². The summed E-state index contributed by atoms with van der Waals surface area (Å²) in [7, 11) is -3.18. The molecule has 4 rings (SSSR count). The van der Waals surface area contributed by atoms with E-state index in [1.807, 2.05) is 72.8 Å². The summed E-state index contributed by atoms with van der Waals surface area (Å²) in [4.78, 5) is 13.2. The summed E-state index contributed by atoms with van der Waals surface area (Å²) in [5.74, 6) is -0.493. The molecule has 0 spiro atoms. The van der Waals surface area contributed by atoms with Crippen LogP contribution in [0.4, 0.5) is 0 Å². The Bertz CT molecular complexity index is 1220. The Morgan fingerprint density at radius 1 is 0.971 bits per heavy atom. The highest BCUT2D eigenvalue weighted by molar-refractivity contribution is 7.80. The van der Waals surface area contributed by atoms with Crippen LogP contribution in [-0.4, -0.2) is 23.9 Å². The minimum Gasteiger partial charge on any atom is -0.463 e. The summed E-state index contributed by atoms with van der Waals surface area (Å²) in [5, 5.41) is 8.61. The van der Waals surface area contributed by atoms with Gasteiger partial charge in [0.2, 0.25) is 0 Å². The summed E-state index contributed by atoms with van der Waals surface area (Å²) in [6.45, 7) is 1.96. The van der Waals surface area contributed by atoms with Crippen molar-refractivity contribution in [3.8, 4) is 0 Å². The summed E-state index contributed by atoms with van der Waals surface area (Å²) in [6.07, 6.45) is 0.0844. The van der Waals surface area contributed by atoms with E-state index in [9.17, 15) is 9.36 Å². The van der Waals surface area contributed by atoms with E-state index in [1.54, 1.807) is 19.1 Å². The lowest BCUT2D eigenvalue weighted by Crippen LogP contribution is -2.47. The van der Waals surface area contributed by atoms with Crippen molar-refractivity contribution >= 4 is 52.7 Å². The van der Waals surface area contributed by atoms with E-state index in [-0.39, 0.29) is 12.8 Å². The number of hydrogen-bond acceptors (Lipinski definition) is 4. The van der Waals surface area contributed by atoms with E-state index in [1.165, 1.54) is 0 Å². The molecule has 8 heteroatoms. The second kappa shape index (κ2) is 10.6. The molecule has 1 aliphatic heterocycles. The molecule has 3 aromatic rings. The van der Waals surface area contributed by atoms with E-state index in [0.717, 1.165) is 5.56 Å². The lowest BCUT2D eigenvalue weighted by Gasteiger charge is -2.32. The van der Waals surface area contributed by atoms with Crippen LogP contribution in [0.5, 0.6) is 0 Å². The monoisotopic (exact) mass is 510 g/mol. The highest BCUT2D eigenvalue weighted by Gasteiger charge is 2.37. The molecule has 0 saturated heterocycles. The highest BCUT2D eigenvalue weighted by Crippen LogP contribution is 2.46. The molecule has 0 aliphatic carbocycles. The Balaban J connectivity index is 1.88. The Hall–Kier alpha value is -2.92. The fourth-order valence-electron chi connectivity index (χ4n) is 3.99. The van der Waals surface area contributed by atoms with Crippen LogP contribution in [0.25, 0.3) is 0 Å². The van der Waals surface area contributed by atoms with Gasteiger partial charge in [-0.1, -0.05) is 84.4 Å². The normalized spacial score (nSPS) is 15.9. The molecule has 1 heterocycles. The Kier molecular flexibility index (Phi) is 7.52. The molecule has 0 bridgehead atoms. The van der Waals surface area contributed by atoms with Gasteiger partial charge in [0.25, 0.3) is 0 Å². The maximum atomic E-state index is 14.7. The third-order valence-electron chi connectivity index (χ3n) is 5.58. The van der Waals surface area contributed by atoms with Gasteiger partial charge in [-0.25, -0.2) is 4.79 Å². The van der Waals surface area contributed by atoms with Crippen molar-refractivity contribution in [3.05, 3.63) is 107 Å². The SMILES string of the molecule is CCOC(=O)C1=C(CP(=O)(c2ccccc2)c2ccccc2)NC(=S)NC1c1ccc(Cl)cc1. The minimum absolute atomic E-state index is 0.0844. The summed E-state index contributed by atoms with van der Waals surface area (Å²) >= 11 is 11.6. The van der Waals surface area contributed by atoms with Gasteiger partial charge < -0.3 is 19.9 Å². The summed E-state index contributed by atoms with van der Waals surface area (Å²) in [6, 6.07) is 25.3. The number of allylic oxidation sites excluding steroid dienone is 1. The molecule has 1 aliphatic rings. The van der Waals surface area contributed by atoms with Gasteiger partial charge in [-0.05, 0) is 36.8 Å². The van der Waals surface area contributed by atoms with Gasteiger partial charge in [0, 0.05) is 27.5 Å². The molecule has 0 radical (unpaired) electrons. The van der Waals surface area contributed by atoms with E-state index >= 15 is 0 Å². The van der Waals surface area contributed by atoms with Crippen LogP contribution in [0.1, 0.15) is 18.5 Å². The number of thiocarbonyl (C=S) groups is 1. The standard InChI is InChI=1S/C26H24ClN2O3PS/c1-2-32-25(30)23-22(28-26(34)29-24(23)18-13-15-19(27)16-14-18)17-33(31,20-9-5-3-6-10-20)21-11-7-4-8-12-21/h3-16,24H,2,17H2,1H3,(H2,28,29,34). The topological polar surface area (TPSA) is 67.4 Å². The maximum absolute atomic E-state index is 14.7. The van der Waals surface area contributed by atoms with Crippen molar-refractivity contribution in [2.75, 3.05) is 12.8 Å². The summed E-state index contributed by atoms with van der Waals surface area (Å²) in [5.41, 5.74) is 1.63. The van der Waals surface area contributed by atoms with E-state index in [0.29, 0.717) is 32.0 Å². The van der Waals surface area contributed by atoms with Crippen LogP contribution in [0.15, 0.2) is 96.2 Å². The molecule has 1 atom stereocenters. The van der Waals surface area contributed by atoms with E-state index in [2.05, 4.69) is 10.6 Å². The number of nitrogens with one attached hydrogen (secondary N) is 2. The van der Waals surface area contributed by atoms with Crippen LogP contribution < -0.4 is 21.2 Å². The second-order valence-electron chi connectivity index (χ2n) is 7.76. The van der Waals surface area contributed by atoms with Crippen molar-refractivity contribution in [2.45, 2.75) is 13.0 Å². The van der Waals surface area contributed by atoms with Crippen LogP contribution in [0.3, 0.4) is 0 Å². The number of carbonyl (C=O) groups excluding carboxylic acids is 1. The first-order valence-corrected chi connectivity index (χ1v) is 13.5. The lowest BCUT2D eigenvalue weighted by molar-refractivity contribution is -0.139. The third-order valence-corrected chi connectivity index (χ3v) is 9.08. The average molecular weight is 511 g/mol. The molecule has 174 valence electrons. The number of esters is 1. The Morgan fingerprint density at radius 2 is 1.53 bits per heavy atom. The zero-order valence-corrected chi connectivity index (χ0v) is 21.0. The predicted octanol–water partition coefficient (Wildman–Crippen LogP) is 4.69. The fourth-order valence-corrected chi connectivity index (χ4v) is 7.02. The summed E-state index contributed by atoms with van der Waals surface area (Å²) < 4.78 is 20.1.